The third-order valence-electron chi connectivity index (χ3n) is 3.13. The first-order valence-corrected chi connectivity index (χ1v) is 7.37. The van der Waals surface area contributed by atoms with Gasteiger partial charge in [0.25, 0.3) is 5.91 Å². The summed E-state index contributed by atoms with van der Waals surface area (Å²) in [4.78, 5) is 12.3. The molecule has 110 valence electrons. The number of nitrogens with one attached hydrogen (secondary N) is 1. The van der Waals surface area contributed by atoms with Crippen LogP contribution in [0, 0.1) is 11.3 Å². The van der Waals surface area contributed by atoms with E-state index in [9.17, 15) is 4.79 Å². The van der Waals surface area contributed by atoms with Gasteiger partial charge in [-0.05, 0) is 34.1 Å². The van der Waals surface area contributed by atoms with E-state index >= 15 is 0 Å². The molecule has 0 spiro atoms. The van der Waals surface area contributed by atoms with Crippen LogP contribution in [0.4, 0.5) is 5.69 Å². The Morgan fingerprint density at radius 1 is 1.18 bits per heavy atom. The molecule has 3 rings (SSSR count). The molecule has 0 saturated heterocycles. The molecule has 6 heteroatoms. The van der Waals surface area contributed by atoms with Gasteiger partial charge < -0.3 is 14.8 Å². The molecule has 0 radical (unpaired) electrons. The van der Waals surface area contributed by atoms with Crippen molar-refractivity contribution in [3.8, 4) is 17.6 Å². The summed E-state index contributed by atoms with van der Waals surface area (Å²) in [5.74, 6) is 0.938. The number of amides is 1. The molecule has 0 bridgehead atoms. The van der Waals surface area contributed by atoms with E-state index < -0.39 is 0 Å². The molecule has 5 nitrogen and oxygen atoms in total. The topological polar surface area (TPSA) is 71.4 Å². The molecule has 1 heterocycles. The Balaban J connectivity index is 1.86. The Kier molecular flexibility index (Phi) is 3.98. The molecule has 1 aliphatic rings. The lowest BCUT2D eigenvalue weighted by Crippen LogP contribution is -2.17. The third kappa shape index (κ3) is 2.90. The normalized spacial score (nSPS) is 12.4. The minimum absolute atomic E-state index is 0.297. The van der Waals surface area contributed by atoms with Gasteiger partial charge in [-0.2, -0.15) is 5.26 Å². The molecular formula is C16H11BrN2O3. The van der Waals surface area contributed by atoms with E-state index in [2.05, 4.69) is 21.2 Å². The summed E-state index contributed by atoms with van der Waals surface area (Å²) in [5, 5.41) is 11.7. The van der Waals surface area contributed by atoms with E-state index in [4.69, 9.17) is 14.7 Å². The highest BCUT2D eigenvalue weighted by Crippen LogP contribution is 2.38. The van der Waals surface area contributed by atoms with Crippen LogP contribution in [0.2, 0.25) is 0 Å². The number of benzene rings is 2. The van der Waals surface area contributed by atoms with Gasteiger partial charge in [0.1, 0.15) is 13.2 Å². The largest absolute Gasteiger partial charge is 0.486 e. The zero-order valence-corrected chi connectivity index (χ0v) is 13.0. The van der Waals surface area contributed by atoms with Crippen molar-refractivity contribution in [1.82, 2.24) is 0 Å². The molecule has 0 unspecified atom stereocenters. The van der Waals surface area contributed by atoms with Crippen molar-refractivity contribution < 1.29 is 14.3 Å². The van der Waals surface area contributed by atoms with E-state index in [1.54, 1.807) is 36.4 Å². The van der Waals surface area contributed by atoms with Crippen molar-refractivity contribution in [2.45, 2.75) is 0 Å². The standard InChI is InChI=1S/C16H11BrN2O3/c17-12-7-14-15(22-5-4-21-14)8-13(12)19-16(20)11-3-1-2-10(6-11)9-18/h1-3,6-8H,4-5H2,(H,19,20). The quantitative estimate of drug-likeness (QED) is 0.893. The average Bonchev–Trinajstić information content (AvgIpc) is 2.55. The van der Waals surface area contributed by atoms with E-state index in [0.29, 0.717) is 46.0 Å². The molecule has 0 atom stereocenters. The average molecular weight is 359 g/mol. The second-order valence-corrected chi connectivity index (χ2v) is 5.48. The molecule has 2 aromatic carbocycles. The first-order chi connectivity index (χ1) is 10.7. The Labute approximate surface area is 135 Å². The fraction of sp³-hybridized carbons (Fsp3) is 0.125. The number of nitrogens with zero attached hydrogens (tertiary/aromatic N) is 1. The van der Waals surface area contributed by atoms with E-state index in [1.165, 1.54) is 0 Å². The van der Waals surface area contributed by atoms with Crippen LogP contribution in [0.5, 0.6) is 11.5 Å². The highest BCUT2D eigenvalue weighted by molar-refractivity contribution is 9.10. The number of carbonyl (C=O) groups excluding carboxylic acids is 1. The third-order valence-corrected chi connectivity index (χ3v) is 3.79. The highest BCUT2D eigenvalue weighted by atomic mass is 79.9. The predicted octanol–water partition coefficient (Wildman–Crippen LogP) is 3.34. The predicted molar refractivity (Wildman–Crippen MR) is 84.2 cm³/mol. The minimum atomic E-state index is -0.297. The maximum absolute atomic E-state index is 12.3. The van der Waals surface area contributed by atoms with Crippen molar-refractivity contribution in [2.75, 3.05) is 18.5 Å². The summed E-state index contributed by atoms with van der Waals surface area (Å²) >= 11 is 3.40. The lowest BCUT2D eigenvalue weighted by Gasteiger charge is -2.20. The van der Waals surface area contributed by atoms with Gasteiger partial charge in [-0.15, -0.1) is 0 Å². The van der Waals surface area contributed by atoms with Crippen LogP contribution in [-0.2, 0) is 0 Å². The zero-order chi connectivity index (χ0) is 15.5. The molecule has 1 amide bonds. The lowest BCUT2D eigenvalue weighted by molar-refractivity contribution is 0.102. The lowest BCUT2D eigenvalue weighted by atomic mass is 10.1. The Hall–Kier alpha value is -2.52. The number of anilines is 1. The summed E-state index contributed by atoms with van der Waals surface area (Å²) in [6.07, 6.45) is 0. The molecule has 0 aliphatic carbocycles. The van der Waals surface area contributed by atoms with E-state index in [0.717, 1.165) is 0 Å². The highest BCUT2D eigenvalue weighted by Gasteiger charge is 2.16. The Morgan fingerprint density at radius 2 is 1.91 bits per heavy atom. The first kappa shape index (κ1) is 14.4. The number of ether oxygens (including phenoxy) is 2. The molecule has 2 aromatic rings. The fourth-order valence-electron chi connectivity index (χ4n) is 2.08. The second-order valence-electron chi connectivity index (χ2n) is 4.62. The fourth-order valence-corrected chi connectivity index (χ4v) is 2.51. The van der Waals surface area contributed by atoms with Crippen molar-refractivity contribution in [1.29, 1.82) is 5.26 Å². The maximum Gasteiger partial charge on any atom is 0.255 e. The van der Waals surface area contributed by atoms with Gasteiger partial charge in [0.15, 0.2) is 11.5 Å². The van der Waals surface area contributed by atoms with Crippen molar-refractivity contribution >= 4 is 27.5 Å². The Bertz CT molecular complexity index is 783. The van der Waals surface area contributed by atoms with Gasteiger partial charge in [0.2, 0.25) is 0 Å². The number of hydrogen-bond donors (Lipinski definition) is 1. The van der Waals surface area contributed by atoms with Crippen LogP contribution >= 0.6 is 15.9 Å². The molecule has 1 aliphatic heterocycles. The zero-order valence-electron chi connectivity index (χ0n) is 11.4. The molecule has 0 fully saturated rings. The maximum atomic E-state index is 12.3. The van der Waals surface area contributed by atoms with Gasteiger partial charge >= 0.3 is 0 Å². The number of nitriles is 1. The van der Waals surface area contributed by atoms with Gasteiger partial charge in [0, 0.05) is 22.2 Å². The smallest absolute Gasteiger partial charge is 0.255 e. The van der Waals surface area contributed by atoms with Gasteiger partial charge in [0.05, 0.1) is 17.3 Å². The van der Waals surface area contributed by atoms with Crippen LogP contribution in [0.3, 0.4) is 0 Å². The van der Waals surface area contributed by atoms with Gasteiger partial charge in [-0.25, -0.2) is 0 Å². The molecule has 22 heavy (non-hydrogen) atoms. The van der Waals surface area contributed by atoms with Crippen LogP contribution in [0.25, 0.3) is 0 Å². The van der Waals surface area contributed by atoms with Crippen molar-refractivity contribution in [2.24, 2.45) is 0 Å². The monoisotopic (exact) mass is 358 g/mol. The van der Waals surface area contributed by atoms with Gasteiger partial charge in [-0.1, -0.05) is 6.07 Å². The molecular weight excluding hydrogens is 348 g/mol. The van der Waals surface area contributed by atoms with Crippen LogP contribution in [0.1, 0.15) is 15.9 Å². The minimum Gasteiger partial charge on any atom is -0.486 e. The summed E-state index contributed by atoms with van der Waals surface area (Å²) < 4.78 is 11.7. The number of hydrogen-bond acceptors (Lipinski definition) is 4. The summed E-state index contributed by atoms with van der Waals surface area (Å²) in [5.41, 5.74) is 1.44. The molecule has 1 N–H and O–H groups in total. The number of fused-ring (bicyclic) bond motifs is 1. The second kappa shape index (κ2) is 6.08. The number of halogens is 1. The van der Waals surface area contributed by atoms with E-state index in [1.807, 2.05) is 6.07 Å². The summed E-state index contributed by atoms with van der Waals surface area (Å²) in [6.45, 7) is 0.984. The van der Waals surface area contributed by atoms with Gasteiger partial charge in [-0.3, -0.25) is 4.79 Å². The molecule has 0 aromatic heterocycles. The SMILES string of the molecule is N#Cc1cccc(C(=O)Nc2cc3c(cc2Br)OCCO3)c1. The summed E-state index contributed by atoms with van der Waals surface area (Å²) in [6, 6.07) is 12.0. The van der Waals surface area contributed by atoms with E-state index in [-0.39, 0.29) is 5.91 Å². The first-order valence-electron chi connectivity index (χ1n) is 6.58. The van der Waals surface area contributed by atoms with Crippen molar-refractivity contribution in [3.63, 3.8) is 0 Å². The van der Waals surface area contributed by atoms with Crippen molar-refractivity contribution in [3.05, 3.63) is 52.0 Å². The number of carbonyl (C=O) groups is 1. The van der Waals surface area contributed by atoms with Crippen LogP contribution < -0.4 is 14.8 Å². The van der Waals surface area contributed by atoms with Crippen LogP contribution in [-0.4, -0.2) is 19.1 Å². The van der Waals surface area contributed by atoms with Crippen LogP contribution in [0.15, 0.2) is 40.9 Å². The Morgan fingerprint density at radius 3 is 2.64 bits per heavy atom. The molecule has 0 saturated carbocycles. The number of rotatable bonds is 2. The summed E-state index contributed by atoms with van der Waals surface area (Å²) in [7, 11) is 0.